The van der Waals surface area contributed by atoms with E-state index in [2.05, 4.69) is 25.7 Å². The molecule has 9 heteroatoms. The highest BCUT2D eigenvalue weighted by atomic mass is 16.5. The Labute approximate surface area is 178 Å². The summed E-state index contributed by atoms with van der Waals surface area (Å²) in [7, 11) is 1.99. The van der Waals surface area contributed by atoms with Gasteiger partial charge < -0.3 is 24.7 Å². The number of guanidine groups is 1. The van der Waals surface area contributed by atoms with Gasteiger partial charge in [-0.25, -0.2) is 4.99 Å². The van der Waals surface area contributed by atoms with Crippen LogP contribution in [0.2, 0.25) is 0 Å². The van der Waals surface area contributed by atoms with Gasteiger partial charge in [0.15, 0.2) is 11.8 Å². The molecule has 30 heavy (non-hydrogen) atoms. The molecule has 2 aliphatic heterocycles. The molecule has 0 bridgehead atoms. The summed E-state index contributed by atoms with van der Waals surface area (Å²) in [5.74, 6) is 3.31. The van der Waals surface area contributed by atoms with Crippen LogP contribution < -0.4 is 10.6 Å². The molecule has 0 radical (unpaired) electrons. The lowest BCUT2D eigenvalue weighted by Crippen LogP contribution is -2.72. The Balaban J connectivity index is 1.25. The Hall–Kier alpha value is -1.71. The van der Waals surface area contributed by atoms with Gasteiger partial charge in [-0.15, -0.1) is 10.2 Å². The molecule has 2 saturated carbocycles. The lowest BCUT2D eigenvalue weighted by molar-refractivity contribution is -0.171. The standard InChI is InChI=1S/C21H35N7O2/c1-15-25-26-17(27(15)2)14-23-20(22-7-8-28-9-12-29-13-10-28)24-18-16-4-11-30-19(16)21(18)5-3-6-21/h16,18-19H,3-14H2,1-2H3,(H2,22,23,24). The van der Waals surface area contributed by atoms with Crippen molar-refractivity contribution in [2.45, 2.75) is 51.3 Å². The maximum atomic E-state index is 6.09. The van der Waals surface area contributed by atoms with Gasteiger partial charge in [0.05, 0.1) is 19.3 Å². The van der Waals surface area contributed by atoms with Crippen molar-refractivity contribution in [3.05, 3.63) is 11.6 Å². The Bertz CT molecular complexity index is 769. The van der Waals surface area contributed by atoms with E-state index in [4.69, 9.17) is 14.5 Å². The highest BCUT2D eigenvalue weighted by molar-refractivity contribution is 5.80. The zero-order valence-electron chi connectivity index (χ0n) is 18.3. The molecular weight excluding hydrogens is 382 g/mol. The van der Waals surface area contributed by atoms with E-state index < -0.39 is 0 Å². The van der Waals surface area contributed by atoms with Crippen molar-refractivity contribution in [2.24, 2.45) is 23.4 Å². The molecule has 1 spiro atoms. The summed E-state index contributed by atoms with van der Waals surface area (Å²) >= 11 is 0. The number of ether oxygens (including phenoxy) is 2. The molecule has 166 valence electrons. The van der Waals surface area contributed by atoms with E-state index in [1.165, 1.54) is 19.3 Å². The maximum absolute atomic E-state index is 6.09. The summed E-state index contributed by atoms with van der Waals surface area (Å²) in [6, 6.07) is 0.467. The molecule has 3 unspecified atom stereocenters. The fourth-order valence-corrected chi connectivity index (χ4v) is 5.65. The smallest absolute Gasteiger partial charge is 0.192 e. The number of fused-ring (bicyclic) bond motifs is 2. The normalized spacial score (nSPS) is 30.6. The van der Waals surface area contributed by atoms with Crippen LogP contribution in [0, 0.1) is 18.3 Å². The fraction of sp³-hybridized carbons (Fsp3) is 0.857. The number of aryl methyl sites for hydroxylation is 1. The molecule has 3 atom stereocenters. The van der Waals surface area contributed by atoms with Crippen LogP contribution in [0.4, 0.5) is 0 Å². The number of hydrogen-bond donors (Lipinski definition) is 2. The second-order valence-corrected chi connectivity index (χ2v) is 9.22. The Morgan fingerprint density at radius 2 is 2.07 bits per heavy atom. The van der Waals surface area contributed by atoms with Crippen molar-refractivity contribution < 1.29 is 9.47 Å². The molecule has 0 aromatic carbocycles. The monoisotopic (exact) mass is 417 g/mol. The van der Waals surface area contributed by atoms with Crippen molar-refractivity contribution in [3.8, 4) is 0 Å². The first kappa shape index (κ1) is 20.2. The first-order valence-corrected chi connectivity index (χ1v) is 11.5. The summed E-state index contributed by atoms with van der Waals surface area (Å²) < 4.78 is 13.6. The van der Waals surface area contributed by atoms with Crippen molar-refractivity contribution in [1.82, 2.24) is 30.3 Å². The minimum atomic E-state index is 0.329. The highest BCUT2D eigenvalue weighted by Gasteiger charge is 2.66. The molecule has 4 aliphatic rings. The molecule has 2 N–H and O–H groups in total. The number of aromatic nitrogens is 3. The minimum Gasteiger partial charge on any atom is -0.379 e. The summed E-state index contributed by atoms with van der Waals surface area (Å²) in [5, 5.41) is 15.8. The van der Waals surface area contributed by atoms with Crippen LogP contribution in [0.25, 0.3) is 0 Å². The summed E-state index contributed by atoms with van der Waals surface area (Å²) in [6.45, 7) is 8.94. The third kappa shape index (κ3) is 3.61. The molecule has 2 aliphatic carbocycles. The van der Waals surface area contributed by atoms with Gasteiger partial charge in [-0.2, -0.15) is 0 Å². The van der Waals surface area contributed by atoms with Crippen LogP contribution >= 0.6 is 0 Å². The minimum absolute atomic E-state index is 0.329. The van der Waals surface area contributed by atoms with Gasteiger partial charge in [-0.3, -0.25) is 4.90 Å². The SMILES string of the molecule is Cc1nnc(CN=C(NCCN2CCOCC2)NC2C3CCOC3C23CCC3)n1C. The van der Waals surface area contributed by atoms with E-state index in [0.717, 1.165) is 70.0 Å². The van der Waals surface area contributed by atoms with Gasteiger partial charge in [0.1, 0.15) is 12.4 Å². The van der Waals surface area contributed by atoms with Crippen LogP contribution in [0.3, 0.4) is 0 Å². The van der Waals surface area contributed by atoms with E-state index >= 15 is 0 Å². The van der Waals surface area contributed by atoms with Gasteiger partial charge >= 0.3 is 0 Å². The molecule has 9 nitrogen and oxygen atoms in total. The number of nitrogens with zero attached hydrogens (tertiary/aromatic N) is 5. The molecular formula is C21H35N7O2. The second-order valence-electron chi connectivity index (χ2n) is 9.22. The second kappa shape index (κ2) is 8.43. The molecule has 1 aromatic rings. The third-order valence-corrected chi connectivity index (χ3v) is 7.71. The average Bonchev–Trinajstić information content (AvgIpc) is 3.28. The summed E-state index contributed by atoms with van der Waals surface area (Å²) in [5.41, 5.74) is 0.329. The van der Waals surface area contributed by atoms with Crippen LogP contribution in [0.1, 0.15) is 37.3 Å². The van der Waals surface area contributed by atoms with Crippen molar-refractivity contribution in [3.63, 3.8) is 0 Å². The largest absolute Gasteiger partial charge is 0.379 e. The zero-order chi connectivity index (χ0) is 20.6. The van der Waals surface area contributed by atoms with Gasteiger partial charge in [0.25, 0.3) is 0 Å². The van der Waals surface area contributed by atoms with Gasteiger partial charge in [-0.1, -0.05) is 6.42 Å². The molecule has 2 saturated heterocycles. The number of nitrogens with one attached hydrogen (secondary N) is 2. The molecule has 0 amide bonds. The van der Waals surface area contributed by atoms with Crippen molar-refractivity contribution >= 4 is 5.96 Å². The van der Waals surface area contributed by atoms with Crippen LogP contribution in [-0.2, 0) is 23.1 Å². The van der Waals surface area contributed by atoms with E-state index in [1.807, 2.05) is 18.5 Å². The lowest BCUT2D eigenvalue weighted by Gasteiger charge is -2.63. The highest BCUT2D eigenvalue weighted by Crippen LogP contribution is 2.62. The topological polar surface area (TPSA) is 88.8 Å². The maximum Gasteiger partial charge on any atom is 0.192 e. The molecule has 3 heterocycles. The van der Waals surface area contributed by atoms with Crippen molar-refractivity contribution in [1.29, 1.82) is 0 Å². The third-order valence-electron chi connectivity index (χ3n) is 7.71. The summed E-state index contributed by atoms with van der Waals surface area (Å²) in [6.07, 6.45) is 5.48. The Morgan fingerprint density at radius 1 is 1.23 bits per heavy atom. The molecule has 5 rings (SSSR count). The van der Waals surface area contributed by atoms with E-state index in [0.29, 0.717) is 30.0 Å². The van der Waals surface area contributed by atoms with Crippen LogP contribution in [0.15, 0.2) is 4.99 Å². The van der Waals surface area contributed by atoms with Crippen molar-refractivity contribution in [2.75, 3.05) is 46.0 Å². The number of aliphatic imine (C=N–C) groups is 1. The number of hydrogen-bond acceptors (Lipinski definition) is 6. The summed E-state index contributed by atoms with van der Waals surface area (Å²) in [4.78, 5) is 7.34. The van der Waals surface area contributed by atoms with Gasteiger partial charge in [0.2, 0.25) is 0 Å². The molecule has 1 aromatic heterocycles. The predicted octanol–water partition coefficient (Wildman–Crippen LogP) is 0.449. The number of morpholine rings is 1. The Kier molecular flexibility index (Phi) is 5.68. The molecule has 4 fully saturated rings. The van der Waals surface area contributed by atoms with Crippen LogP contribution in [0.5, 0.6) is 0 Å². The zero-order valence-corrected chi connectivity index (χ0v) is 18.3. The Morgan fingerprint density at radius 3 is 2.77 bits per heavy atom. The van der Waals surface area contributed by atoms with Crippen LogP contribution in [-0.4, -0.2) is 83.8 Å². The van der Waals surface area contributed by atoms with E-state index in [9.17, 15) is 0 Å². The lowest BCUT2D eigenvalue weighted by atomic mass is 9.46. The quantitative estimate of drug-likeness (QED) is 0.513. The van der Waals surface area contributed by atoms with E-state index in [-0.39, 0.29) is 0 Å². The average molecular weight is 418 g/mol. The first-order valence-electron chi connectivity index (χ1n) is 11.5. The fourth-order valence-electron chi connectivity index (χ4n) is 5.65. The number of rotatable bonds is 6. The predicted molar refractivity (Wildman–Crippen MR) is 113 cm³/mol. The van der Waals surface area contributed by atoms with Gasteiger partial charge in [-0.05, 0) is 26.2 Å². The van der Waals surface area contributed by atoms with Gasteiger partial charge in [0, 0.05) is 57.2 Å². The van der Waals surface area contributed by atoms with E-state index in [1.54, 1.807) is 0 Å². The first-order chi connectivity index (χ1) is 14.7.